The van der Waals surface area contributed by atoms with E-state index in [1.807, 2.05) is 6.92 Å². The van der Waals surface area contributed by atoms with Crippen LogP contribution in [0.25, 0.3) is 16.4 Å². The van der Waals surface area contributed by atoms with Crippen LogP contribution in [0.3, 0.4) is 0 Å². The van der Waals surface area contributed by atoms with E-state index in [0.717, 1.165) is 5.69 Å². The molecule has 34 heavy (non-hydrogen) atoms. The van der Waals surface area contributed by atoms with Crippen molar-refractivity contribution in [2.45, 2.75) is 39.7 Å². The van der Waals surface area contributed by atoms with Crippen molar-refractivity contribution < 1.29 is 33.3 Å². The minimum Gasteiger partial charge on any atom is -0.488 e. The molecule has 0 radical (unpaired) electrons. The molecular formula is C23H23FN4O6. The van der Waals surface area contributed by atoms with Crippen LogP contribution in [0, 0.1) is 19.7 Å². The normalized spacial score (nSPS) is 12.1. The van der Waals surface area contributed by atoms with Crippen molar-refractivity contribution >= 4 is 28.4 Å². The number of ether oxygens (including phenoxy) is 3. The highest BCUT2D eigenvalue weighted by atomic mass is 19.1. The van der Waals surface area contributed by atoms with Gasteiger partial charge in [0.2, 0.25) is 5.88 Å². The molecule has 0 unspecified atom stereocenters. The van der Waals surface area contributed by atoms with Gasteiger partial charge in [-0.25, -0.2) is 8.91 Å². The summed E-state index contributed by atoms with van der Waals surface area (Å²) in [5.41, 5.74) is 2.65. The largest absolute Gasteiger partial charge is 0.488 e. The van der Waals surface area contributed by atoms with Gasteiger partial charge in [-0.05, 0) is 39.0 Å². The van der Waals surface area contributed by atoms with Crippen molar-refractivity contribution in [1.82, 2.24) is 19.6 Å². The number of aromatic nitrogens is 4. The Morgan fingerprint density at radius 1 is 1.24 bits per heavy atom. The summed E-state index contributed by atoms with van der Waals surface area (Å²) in [5, 5.41) is 13.2. The summed E-state index contributed by atoms with van der Waals surface area (Å²) in [6, 6.07) is 4.97. The van der Waals surface area contributed by atoms with Crippen molar-refractivity contribution in [3.8, 4) is 17.4 Å². The third kappa shape index (κ3) is 4.77. The number of aromatic amines is 1. The Morgan fingerprint density at radius 3 is 2.79 bits per heavy atom. The third-order valence-corrected chi connectivity index (χ3v) is 5.14. The van der Waals surface area contributed by atoms with E-state index in [1.54, 1.807) is 32.2 Å². The topological polar surface area (TPSA) is 128 Å². The van der Waals surface area contributed by atoms with Gasteiger partial charge in [0, 0.05) is 22.2 Å². The van der Waals surface area contributed by atoms with Gasteiger partial charge in [-0.3, -0.25) is 9.59 Å². The summed E-state index contributed by atoms with van der Waals surface area (Å²) < 4.78 is 33.3. The number of carbonyl (C=O) groups excluding carboxylic acids is 1. The van der Waals surface area contributed by atoms with Gasteiger partial charge in [0.1, 0.15) is 30.3 Å². The Bertz CT molecular complexity index is 1380. The standard InChI is InChI=1S/C23H23FN4O6/c1-12-8-15-16(27-12)4-5-17(21(15)24)34-23-22-14(3)18(9-28(22)26-11-25-23)32-10-13(2)33-20(31)7-6-19(29)30/h4-5,8-9,11,13,27H,6-7,10H2,1-3H3,(H,29,30)/t13-/m1/s1. The van der Waals surface area contributed by atoms with Crippen LogP contribution >= 0.6 is 0 Å². The number of aryl methyl sites for hydroxylation is 2. The van der Waals surface area contributed by atoms with Gasteiger partial charge in [-0.2, -0.15) is 10.1 Å². The molecule has 178 valence electrons. The van der Waals surface area contributed by atoms with Gasteiger partial charge in [0.15, 0.2) is 11.6 Å². The number of esters is 1. The fraction of sp³-hybridized carbons (Fsp3) is 0.304. The van der Waals surface area contributed by atoms with E-state index in [-0.39, 0.29) is 31.1 Å². The average molecular weight is 470 g/mol. The molecule has 0 aliphatic rings. The lowest BCUT2D eigenvalue weighted by Gasteiger charge is -2.14. The number of nitrogens with one attached hydrogen (secondary N) is 1. The first kappa shape index (κ1) is 23.0. The number of carbonyl (C=O) groups is 2. The molecule has 0 bridgehead atoms. The van der Waals surface area contributed by atoms with Crippen molar-refractivity contribution in [2.75, 3.05) is 6.61 Å². The molecule has 11 heteroatoms. The quantitative estimate of drug-likeness (QED) is 0.352. The van der Waals surface area contributed by atoms with Crippen molar-refractivity contribution in [3.63, 3.8) is 0 Å². The number of hydrogen-bond acceptors (Lipinski definition) is 7. The van der Waals surface area contributed by atoms with E-state index in [0.29, 0.717) is 27.7 Å². The first-order valence-electron chi connectivity index (χ1n) is 10.6. The van der Waals surface area contributed by atoms with Crippen LogP contribution < -0.4 is 9.47 Å². The highest BCUT2D eigenvalue weighted by molar-refractivity contribution is 5.83. The minimum absolute atomic E-state index is 0.0251. The Kier molecular flexibility index (Phi) is 6.35. The zero-order chi connectivity index (χ0) is 24.4. The zero-order valence-corrected chi connectivity index (χ0v) is 18.8. The first-order chi connectivity index (χ1) is 16.2. The van der Waals surface area contributed by atoms with E-state index in [2.05, 4.69) is 15.1 Å². The summed E-state index contributed by atoms with van der Waals surface area (Å²) >= 11 is 0. The third-order valence-electron chi connectivity index (χ3n) is 5.14. The second-order valence-electron chi connectivity index (χ2n) is 7.88. The summed E-state index contributed by atoms with van der Waals surface area (Å²) in [7, 11) is 0. The number of carboxylic acid groups (broad SMARTS) is 1. The lowest BCUT2D eigenvalue weighted by atomic mass is 10.2. The number of H-pyrrole nitrogens is 1. The predicted octanol–water partition coefficient (Wildman–Crippen LogP) is 3.93. The van der Waals surface area contributed by atoms with Crippen LogP contribution in [-0.2, 0) is 14.3 Å². The predicted molar refractivity (Wildman–Crippen MR) is 119 cm³/mol. The fourth-order valence-electron chi connectivity index (χ4n) is 3.53. The van der Waals surface area contributed by atoms with Crippen LogP contribution in [-0.4, -0.2) is 49.3 Å². The summed E-state index contributed by atoms with van der Waals surface area (Å²) in [4.78, 5) is 29.5. The maximum absolute atomic E-state index is 15.0. The van der Waals surface area contributed by atoms with E-state index < -0.39 is 23.9 Å². The Morgan fingerprint density at radius 2 is 2.03 bits per heavy atom. The molecule has 0 saturated heterocycles. The van der Waals surface area contributed by atoms with E-state index in [1.165, 1.54) is 16.9 Å². The second kappa shape index (κ2) is 9.38. The fourth-order valence-corrected chi connectivity index (χ4v) is 3.53. The molecule has 2 N–H and O–H groups in total. The second-order valence-corrected chi connectivity index (χ2v) is 7.88. The number of nitrogens with zero attached hydrogens (tertiary/aromatic N) is 3. The number of aliphatic carboxylic acids is 1. The summed E-state index contributed by atoms with van der Waals surface area (Å²) in [5.74, 6) is -1.55. The lowest BCUT2D eigenvalue weighted by molar-refractivity contribution is -0.152. The SMILES string of the molecule is Cc1cc2c(F)c(Oc3ncnn4cc(OC[C@@H](C)OC(=O)CCC(=O)O)c(C)c34)ccc2[nH]1. The van der Waals surface area contributed by atoms with Crippen LogP contribution in [0.4, 0.5) is 4.39 Å². The van der Waals surface area contributed by atoms with Crippen LogP contribution in [0.1, 0.15) is 31.0 Å². The molecule has 4 rings (SSSR count). The number of rotatable bonds is 9. The molecule has 0 spiro atoms. The van der Waals surface area contributed by atoms with Gasteiger partial charge in [-0.1, -0.05) is 0 Å². The molecule has 4 aromatic rings. The Hall–Kier alpha value is -4.15. The smallest absolute Gasteiger partial charge is 0.306 e. The molecule has 0 fully saturated rings. The monoisotopic (exact) mass is 470 g/mol. The molecular weight excluding hydrogens is 447 g/mol. The number of hydrogen-bond donors (Lipinski definition) is 2. The van der Waals surface area contributed by atoms with Gasteiger partial charge >= 0.3 is 11.9 Å². The van der Waals surface area contributed by atoms with Crippen LogP contribution in [0.15, 0.2) is 30.7 Å². The molecule has 0 amide bonds. The first-order valence-corrected chi connectivity index (χ1v) is 10.6. The van der Waals surface area contributed by atoms with E-state index in [9.17, 15) is 14.0 Å². The molecule has 3 heterocycles. The van der Waals surface area contributed by atoms with Crippen molar-refractivity contribution in [2.24, 2.45) is 0 Å². The Balaban J connectivity index is 1.51. The number of fused-ring (bicyclic) bond motifs is 2. The number of benzene rings is 1. The molecule has 3 aromatic heterocycles. The highest BCUT2D eigenvalue weighted by Gasteiger charge is 2.19. The van der Waals surface area contributed by atoms with Gasteiger partial charge in [0.25, 0.3) is 0 Å². The summed E-state index contributed by atoms with van der Waals surface area (Å²) in [6.07, 6.45) is 1.80. The molecule has 1 aromatic carbocycles. The lowest BCUT2D eigenvalue weighted by Crippen LogP contribution is -2.22. The van der Waals surface area contributed by atoms with Gasteiger partial charge in [0.05, 0.1) is 19.0 Å². The van der Waals surface area contributed by atoms with Crippen molar-refractivity contribution in [3.05, 3.63) is 47.8 Å². The number of carboxylic acids is 1. The van der Waals surface area contributed by atoms with Gasteiger partial charge in [-0.15, -0.1) is 0 Å². The summed E-state index contributed by atoms with van der Waals surface area (Å²) in [6.45, 7) is 5.30. The molecule has 1 atom stereocenters. The molecule has 0 aliphatic heterocycles. The highest BCUT2D eigenvalue weighted by Crippen LogP contribution is 2.34. The Labute approximate surface area is 193 Å². The molecule has 0 saturated carbocycles. The number of halogens is 1. The van der Waals surface area contributed by atoms with Crippen molar-refractivity contribution in [1.29, 1.82) is 0 Å². The van der Waals surface area contributed by atoms with Gasteiger partial charge < -0.3 is 24.3 Å². The van der Waals surface area contributed by atoms with Crippen LogP contribution in [0.2, 0.25) is 0 Å². The molecule has 0 aliphatic carbocycles. The van der Waals surface area contributed by atoms with Crippen LogP contribution in [0.5, 0.6) is 17.4 Å². The average Bonchev–Trinajstić information content (AvgIpc) is 3.33. The minimum atomic E-state index is -1.07. The maximum atomic E-state index is 15.0. The zero-order valence-electron chi connectivity index (χ0n) is 18.8. The molecule has 10 nitrogen and oxygen atoms in total. The van der Waals surface area contributed by atoms with E-state index >= 15 is 0 Å². The van der Waals surface area contributed by atoms with E-state index in [4.69, 9.17) is 19.3 Å². The maximum Gasteiger partial charge on any atom is 0.306 e.